The summed E-state index contributed by atoms with van der Waals surface area (Å²) >= 11 is 7.97. The van der Waals surface area contributed by atoms with Gasteiger partial charge in [0.2, 0.25) is 0 Å². The zero-order chi connectivity index (χ0) is 21.7. The molecule has 1 saturated heterocycles. The van der Waals surface area contributed by atoms with Crippen LogP contribution in [-0.4, -0.2) is 65.1 Å². The first-order valence-corrected chi connectivity index (χ1v) is 11.6. The van der Waals surface area contributed by atoms with Crippen LogP contribution in [0.1, 0.15) is 16.9 Å². The molecule has 2 atom stereocenters. The van der Waals surface area contributed by atoms with Crippen molar-refractivity contribution < 1.29 is 14.6 Å². The quantitative estimate of drug-likeness (QED) is 0.648. The van der Waals surface area contributed by atoms with Gasteiger partial charge in [0.25, 0.3) is 5.91 Å². The molecule has 0 saturated carbocycles. The minimum absolute atomic E-state index is 0.0228. The number of aromatic nitrogens is 1. The second-order valence-corrected chi connectivity index (χ2v) is 9.96. The monoisotopic (exact) mass is 457 g/mol. The number of carbonyl (C=O) groups is 1. The van der Waals surface area contributed by atoms with Gasteiger partial charge in [0.1, 0.15) is 5.75 Å². The number of likely N-dealkylation sites (tertiary alicyclic amines) is 1. The molecule has 0 spiro atoms. The molecule has 5 rings (SSSR count). The largest absolute Gasteiger partial charge is 0.479 e. The number of pyridine rings is 1. The SMILES string of the molecule is CN(C)C1CCN(C(=O)C2Cc3cc(Cl)cc(-c4ccnc5cc(CO)sc45)c3O2)C1. The topological polar surface area (TPSA) is 65.9 Å². The number of ether oxygens (including phenoxy) is 1. The van der Waals surface area contributed by atoms with Crippen LogP contribution >= 0.6 is 22.9 Å². The molecule has 1 aromatic carbocycles. The molecule has 0 bridgehead atoms. The zero-order valence-corrected chi connectivity index (χ0v) is 19.0. The van der Waals surface area contributed by atoms with Gasteiger partial charge in [-0.3, -0.25) is 9.78 Å². The van der Waals surface area contributed by atoms with Gasteiger partial charge in [-0.05, 0) is 44.8 Å². The summed E-state index contributed by atoms with van der Waals surface area (Å²) in [5, 5.41) is 10.2. The number of amides is 1. The number of hydrogen-bond acceptors (Lipinski definition) is 6. The maximum absolute atomic E-state index is 13.2. The first-order valence-electron chi connectivity index (χ1n) is 10.4. The smallest absolute Gasteiger partial charge is 0.264 e. The third-order valence-corrected chi connectivity index (χ3v) is 7.55. The van der Waals surface area contributed by atoms with Gasteiger partial charge in [0, 0.05) is 58.3 Å². The number of carbonyl (C=O) groups excluding carboxylic acids is 1. The predicted molar refractivity (Wildman–Crippen MR) is 123 cm³/mol. The summed E-state index contributed by atoms with van der Waals surface area (Å²) in [4.78, 5) is 22.6. The number of fused-ring (bicyclic) bond motifs is 2. The minimum Gasteiger partial charge on any atom is -0.479 e. The maximum Gasteiger partial charge on any atom is 0.264 e. The molecule has 0 radical (unpaired) electrons. The van der Waals surface area contributed by atoms with Gasteiger partial charge in [-0.25, -0.2) is 0 Å². The van der Waals surface area contributed by atoms with E-state index in [9.17, 15) is 9.90 Å². The van der Waals surface area contributed by atoms with Crippen molar-refractivity contribution in [2.24, 2.45) is 0 Å². The Morgan fingerprint density at radius 3 is 2.94 bits per heavy atom. The highest BCUT2D eigenvalue weighted by molar-refractivity contribution is 7.19. The van der Waals surface area contributed by atoms with Gasteiger partial charge < -0.3 is 19.6 Å². The lowest BCUT2D eigenvalue weighted by molar-refractivity contribution is -0.136. The van der Waals surface area contributed by atoms with Gasteiger partial charge in [0.05, 0.1) is 16.8 Å². The molecule has 2 aliphatic rings. The van der Waals surface area contributed by atoms with Crippen molar-refractivity contribution in [1.29, 1.82) is 0 Å². The van der Waals surface area contributed by atoms with E-state index in [2.05, 4.69) is 24.0 Å². The van der Waals surface area contributed by atoms with Gasteiger partial charge >= 0.3 is 0 Å². The summed E-state index contributed by atoms with van der Waals surface area (Å²) in [6.07, 6.45) is 2.73. The molecule has 2 aliphatic heterocycles. The van der Waals surface area contributed by atoms with Crippen LogP contribution in [0, 0.1) is 0 Å². The van der Waals surface area contributed by atoms with Crippen LogP contribution in [0.2, 0.25) is 5.02 Å². The Labute approximate surface area is 190 Å². The number of rotatable bonds is 4. The van der Waals surface area contributed by atoms with Crippen LogP contribution in [0.5, 0.6) is 5.75 Å². The molecule has 1 fully saturated rings. The average molecular weight is 458 g/mol. The molecule has 31 heavy (non-hydrogen) atoms. The molecular formula is C23H24ClN3O3S. The number of halogens is 1. The summed E-state index contributed by atoms with van der Waals surface area (Å²) in [6.45, 7) is 1.47. The van der Waals surface area contributed by atoms with Crippen LogP contribution < -0.4 is 4.74 Å². The molecule has 1 N–H and O–H groups in total. The Kier molecular flexibility index (Phi) is 5.38. The minimum atomic E-state index is -0.526. The second-order valence-electron chi connectivity index (χ2n) is 8.39. The van der Waals surface area contributed by atoms with E-state index in [4.69, 9.17) is 16.3 Å². The predicted octanol–water partition coefficient (Wildman–Crippen LogP) is 3.58. The lowest BCUT2D eigenvalue weighted by Crippen LogP contribution is -2.41. The highest BCUT2D eigenvalue weighted by atomic mass is 35.5. The molecule has 3 aromatic rings. The molecular weight excluding hydrogens is 434 g/mol. The normalized spacial score (nSPS) is 20.5. The number of likely N-dealkylation sites (N-methyl/N-ethyl adjacent to an activating group) is 1. The fraction of sp³-hybridized carbons (Fsp3) is 0.391. The average Bonchev–Trinajstić information content (AvgIpc) is 3.49. The fourth-order valence-corrected chi connectivity index (χ4v) is 5.75. The van der Waals surface area contributed by atoms with Crippen molar-refractivity contribution in [3.8, 4) is 16.9 Å². The fourth-order valence-electron chi connectivity index (χ4n) is 4.51. The first-order chi connectivity index (χ1) is 14.9. The van der Waals surface area contributed by atoms with Gasteiger partial charge in [-0.15, -0.1) is 11.3 Å². The number of thiophene rings is 1. The molecule has 2 unspecified atom stereocenters. The Balaban J connectivity index is 1.48. The van der Waals surface area contributed by atoms with E-state index in [-0.39, 0.29) is 12.5 Å². The lowest BCUT2D eigenvalue weighted by Gasteiger charge is -2.22. The van der Waals surface area contributed by atoms with E-state index in [0.29, 0.717) is 17.5 Å². The van der Waals surface area contributed by atoms with Crippen LogP contribution in [0.3, 0.4) is 0 Å². The second kappa shape index (κ2) is 8.06. The highest BCUT2D eigenvalue weighted by Gasteiger charge is 2.37. The van der Waals surface area contributed by atoms with Gasteiger partial charge in [-0.1, -0.05) is 11.6 Å². The lowest BCUT2D eigenvalue weighted by atomic mass is 10.0. The van der Waals surface area contributed by atoms with Crippen molar-refractivity contribution in [3.63, 3.8) is 0 Å². The third-order valence-electron chi connectivity index (χ3n) is 6.19. The van der Waals surface area contributed by atoms with Crippen LogP contribution in [0.15, 0.2) is 30.5 Å². The van der Waals surface area contributed by atoms with Crippen molar-refractivity contribution in [2.45, 2.75) is 31.6 Å². The van der Waals surface area contributed by atoms with E-state index < -0.39 is 6.10 Å². The van der Waals surface area contributed by atoms with E-state index in [1.165, 1.54) is 11.3 Å². The Hall–Kier alpha value is -2.19. The van der Waals surface area contributed by atoms with E-state index >= 15 is 0 Å². The van der Waals surface area contributed by atoms with E-state index in [0.717, 1.165) is 57.0 Å². The first kappa shape index (κ1) is 20.7. The number of aliphatic hydroxyl groups is 1. The molecule has 162 valence electrons. The summed E-state index contributed by atoms with van der Waals surface area (Å²) in [7, 11) is 4.11. The van der Waals surface area contributed by atoms with Crippen LogP contribution in [0.4, 0.5) is 0 Å². The zero-order valence-electron chi connectivity index (χ0n) is 17.5. The number of nitrogens with zero attached hydrogens (tertiary/aromatic N) is 3. The van der Waals surface area contributed by atoms with Crippen molar-refractivity contribution in [3.05, 3.63) is 45.9 Å². The highest BCUT2D eigenvalue weighted by Crippen LogP contribution is 2.44. The van der Waals surface area contributed by atoms with Crippen molar-refractivity contribution in [1.82, 2.24) is 14.8 Å². The van der Waals surface area contributed by atoms with Crippen LogP contribution in [0.25, 0.3) is 21.3 Å². The summed E-state index contributed by atoms with van der Waals surface area (Å²) in [6, 6.07) is 8.01. The molecule has 4 heterocycles. The summed E-state index contributed by atoms with van der Waals surface area (Å²) in [5.41, 5.74) is 3.60. The Bertz CT molecular complexity index is 1160. The van der Waals surface area contributed by atoms with E-state index in [1.807, 2.05) is 29.2 Å². The number of benzene rings is 1. The molecule has 1 amide bonds. The molecule has 0 aliphatic carbocycles. The van der Waals surface area contributed by atoms with Crippen molar-refractivity contribution in [2.75, 3.05) is 27.2 Å². The third kappa shape index (κ3) is 3.69. The van der Waals surface area contributed by atoms with Gasteiger partial charge in [0.15, 0.2) is 6.10 Å². The molecule has 6 nitrogen and oxygen atoms in total. The molecule has 2 aromatic heterocycles. The van der Waals surface area contributed by atoms with Crippen molar-refractivity contribution >= 4 is 39.1 Å². The maximum atomic E-state index is 13.2. The van der Waals surface area contributed by atoms with Crippen LogP contribution in [-0.2, 0) is 17.8 Å². The summed E-state index contributed by atoms with van der Waals surface area (Å²) < 4.78 is 7.25. The standard InChI is InChI=1S/C23H24ClN3O3S/c1-26(2)15-4-6-27(11-15)23(29)20-8-13-7-14(24)9-18(21(13)30-20)17-3-5-25-19-10-16(12-28)31-22(17)19/h3,5,7,9-10,15,20,28H,4,6,8,11-12H2,1-2H3. The Morgan fingerprint density at radius 2 is 2.19 bits per heavy atom. The number of hydrogen-bond donors (Lipinski definition) is 1. The Morgan fingerprint density at radius 1 is 1.35 bits per heavy atom. The van der Waals surface area contributed by atoms with Gasteiger partial charge in [-0.2, -0.15) is 0 Å². The summed E-state index contributed by atoms with van der Waals surface area (Å²) in [5.74, 6) is 0.763. The van der Waals surface area contributed by atoms with E-state index in [1.54, 1.807) is 6.20 Å². The molecule has 8 heteroatoms. The number of aliphatic hydroxyl groups excluding tert-OH is 1.